The van der Waals surface area contributed by atoms with E-state index in [1.807, 2.05) is 13.0 Å². The smallest absolute Gasteiger partial charge is 0.224 e. The average Bonchev–Trinajstić information content (AvgIpc) is 2.27. The van der Waals surface area contributed by atoms with Gasteiger partial charge in [0.15, 0.2) is 0 Å². The second-order valence-electron chi connectivity index (χ2n) is 5.32. The molecule has 0 atom stereocenters. The third kappa shape index (κ3) is 3.56. The van der Waals surface area contributed by atoms with Gasteiger partial charge in [-0.25, -0.2) is 9.97 Å². The number of hydrogen-bond donors (Lipinski definition) is 0. The van der Waals surface area contributed by atoms with Crippen LogP contribution in [0.3, 0.4) is 0 Å². The van der Waals surface area contributed by atoms with Crippen molar-refractivity contribution in [3.05, 3.63) is 17.0 Å². The third-order valence-corrected chi connectivity index (χ3v) is 3.30. The molecule has 1 aliphatic rings. The van der Waals surface area contributed by atoms with Crippen LogP contribution in [0.25, 0.3) is 0 Å². The highest BCUT2D eigenvalue weighted by atomic mass is 35.5. The minimum atomic E-state index is 0.342. The van der Waals surface area contributed by atoms with Crippen molar-refractivity contribution >= 4 is 17.4 Å². The van der Waals surface area contributed by atoms with E-state index in [4.69, 9.17) is 11.6 Å². The standard InChI is InChI=1S/C13H21ClN4/c1-10(2)9-17-4-6-18(7-5-17)12-8-11(3)15-13(14)16-12/h8,10H,4-7,9H2,1-3H3. The molecular weight excluding hydrogens is 248 g/mol. The zero-order valence-electron chi connectivity index (χ0n) is 11.4. The van der Waals surface area contributed by atoms with Crippen molar-refractivity contribution in [3.63, 3.8) is 0 Å². The summed E-state index contributed by atoms with van der Waals surface area (Å²) in [6.07, 6.45) is 0. The minimum absolute atomic E-state index is 0.342. The molecule has 0 aromatic carbocycles. The largest absolute Gasteiger partial charge is 0.354 e. The van der Waals surface area contributed by atoms with Crippen LogP contribution in [0.2, 0.25) is 5.28 Å². The van der Waals surface area contributed by atoms with Gasteiger partial charge in [-0.1, -0.05) is 13.8 Å². The summed E-state index contributed by atoms with van der Waals surface area (Å²) in [5.41, 5.74) is 0.926. The molecule has 1 aromatic rings. The van der Waals surface area contributed by atoms with Crippen LogP contribution in [-0.2, 0) is 0 Å². The topological polar surface area (TPSA) is 32.3 Å². The zero-order chi connectivity index (χ0) is 13.1. The third-order valence-electron chi connectivity index (χ3n) is 3.13. The summed E-state index contributed by atoms with van der Waals surface area (Å²) in [6.45, 7) is 11.9. The molecule has 1 fully saturated rings. The molecule has 1 aliphatic heterocycles. The van der Waals surface area contributed by atoms with E-state index < -0.39 is 0 Å². The molecule has 4 nitrogen and oxygen atoms in total. The van der Waals surface area contributed by atoms with E-state index in [0.717, 1.165) is 43.6 Å². The van der Waals surface area contributed by atoms with Crippen molar-refractivity contribution in [1.29, 1.82) is 0 Å². The van der Waals surface area contributed by atoms with E-state index in [2.05, 4.69) is 33.6 Å². The molecule has 0 spiro atoms. The van der Waals surface area contributed by atoms with Gasteiger partial charge in [0.1, 0.15) is 5.82 Å². The number of rotatable bonds is 3. The van der Waals surface area contributed by atoms with E-state index >= 15 is 0 Å². The first-order valence-electron chi connectivity index (χ1n) is 6.53. The molecule has 0 N–H and O–H groups in total. The summed E-state index contributed by atoms with van der Waals surface area (Å²) < 4.78 is 0. The highest BCUT2D eigenvalue weighted by molar-refractivity contribution is 6.28. The number of nitrogens with zero attached hydrogens (tertiary/aromatic N) is 4. The summed E-state index contributed by atoms with van der Waals surface area (Å²) in [4.78, 5) is 13.2. The number of anilines is 1. The molecule has 0 unspecified atom stereocenters. The normalized spacial score (nSPS) is 17.5. The Morgan fingerprint density at radius 2 is 1.89 bits per heavy atom. The fourth-order valence-electron chi connectivity index (χ4n) is 2.35. The van der Waals surface area contributed by atoms with Crippen molar-refractivity contribution in [2.45, 2.75) is 20.8 Å². The summed E-state index contributed by atoms with van der Waals surface area (Å²) in [6, 6.07) is 2.00. The van der Waals surface area contributed by atoms with E-state index in [0.29, 0.717) is 5.28 Å². The second kappa shape index (κ2) is 5.85. The predicted molar refractivity (Wildman–Crippen MR) is 75.3 cm³/mol. The maximum absolute atomic E-state index is 5.91. The van der Waals surface area contributed by atoms with Gasteiger partial charge in [0, 0.05) is 44.5 Å². The Morgan fingerprint density at radius 1 is 1.22 bits per heavy atom. The lowest BCUT2D eigenvalue weighted by Crippen LogP contribution is -2.47. The Kier molecular flexibility index (Phi) is 4.40. The van der Waals surface area contributed by atoms with Crippen LogP contribution in [0.1, 0.15) is 19.5 Å². The molecule has 0 bridgehead atoms. The average molecular weight is 269 g/mol. The molecule has 18 heavy (non-hydrogen) atoms. The maximum atomic E-state index is 5.91. The number of aryl methyl sites for hydroxylation is 1. The first-order valence-corrected chi connectivity index (χ1v) is 6.91. The summed E-state index contributed by atoms with van der Waals surface area (Å²) in [5, 5.41) is 0.342. The summed E-state index contributed by atoms with van der Waals surface area (Å²) >= 11 is 5.91. The van der Waals surface area contributed by atoms with Crippen LogP contribution in [0.4, 0.5) is 5.82 Å². The van der Waals surface area contributed by atoms with Gasteiger partial charge in [0.2, 0.25) is 5.28 Å². The van der Waals surface area contributed by atoms with Crippen LogP contribution in [0, 0.1) is 12.8 Å². The van der Waals surface area contributed by atoms with Crippen LogP contribution < -0.4 is 4.90 Å². The van der Waals surface area contributed by atoms with Gasteiger partial charge in [-0.2, -0.15) is 0 Å². The fourth-order valence-corrected chi connectivity index (χ4v) is 2.57. The van der Waals surface area contributed by atoms with Crippen molar-refractivity contribution in [3.8, 4) is 0 Å². The van der Waals surface area contributed by atoms with E-state index in [1.165, 1.54) is 6.54 Å². The highest BCUT2D eigenvalue weighted by Gasteiger charge is 2.19. The minimum Gasteiger partial charge on any atom is -0.354 e. The number of halogens is 1. The van der Waals surface area contributed by atoms with Crippen molar-refractivity contribution in [2.75, 3.05) is 37.6 Å². The molecule has 0 aliphatic carbocycles. The van der Waals surface area contributed by atoms with Gasteiger partial charge in [-0.15, -0.1) is 0 Å². The Bertz CT molecular complexity index is 380. The number of hydrogen-bond acceptors (Lipinski definition) is 4. The summed E-state index contributed by atoms with van der Waals surface area (Å²) in [7, 11) is 0. The molecule has 0 amide bonds. The van der Waals surface area contributed by atoms with E-state index in [-0.39, 0.29) is 0 Å². The molecule has 0 saturated carbocycles. The van der Waals surface area contributed by atoms with Gasteiger partial charge >= 0.3 is 0 Å². The first-order chi connectivity index (χ1) is 8.54. The van der Waals surface area contributed by atoms with Gasteiger partial charge in [0.05, 0.1) is 0 Å². The van der Waals surface area contributed by atoms with E-state index in [1.54, 1.807) is 0 Å². The zero-order valence-corrected chi connectivity index (χ0v) is 12.1. The lowest BCUT2D eigenvalue weighted by Gasteiger charge is -2.36. The summed E-state index contributed by atoms with van der Waals surface area (Å²) in [5.74, 6) is 1.68. The highest BCUT2D eigenvalue weighted by Crippen LogP contribution is 2.17. The molecule has 0 radical (unpaired) electrons. The van der Waals surface area contributed by atoms with Crippen LogP contribution >= 0.6 is 11.6 Å². The Morgan fingerprint density at radius 3 is 2.44 bits per heavy atom. The molecule has 1 aromatic heterocycles. The van der Waals surface area contributed by atoms with Crippen molar-refractivity contribution in [2.24, 2.45) is 5.92 Å². The van der Waals surface area contributed by atoms with Crippen LogP contribution in [0.5, 0.6) is 0 Å². The van der Waals surface area contributed by atoms with Crippen molar-refractivity contribution in [1.82, 2.24) is 14.9 Å². The molecule has 2 heterocycles. The predicted octanol–water partition coefficient (Wildman–Crippen LogP) is 2.22. The molecule has 5 heteroatoms. The monoisotopic (exact) mass is 268 g/mol. The lowest BCUT2D eigenvalue weighted by atomic mass is 10.2. The lowest BCUT2D eigenvalue weighted by molar-refractivity contribution is 0.231. The van der Waals surface area contributed by atoms with Crippen molar-refractivity contribution < 1.29 is 0 Å². The molecule has 100 valence electrons. The van der Waals surface area contributed by atoms with E-state index in [9.17, 15) is 0 Å². The van der Waals surface area contributed by atoms with Gasteiger partial charge in [0.25, 0.3) is 0 Å². The quantitative estimate of drug-likeness (QED) is 0.787. The Hall–Kier alpha value is -0.870. The fraction of sp³-hybridized carbons (Fsp3) is 0.692. The molecular formula is C13H21ClN4. The van der Waals surface area contributed by atoms with Gasteiger partial charge < -0.3 is 4.90 Å². The first kappa shape index (κ1) is 13.6. The Balaban J connectivity index is 1.96. The Labute approximate surface area is 114 Å². The molecule has 2 rings (SSSR count). The van der Waals surface area contributed by atoms with Crippen LogP contribution in [0.15, 0.2) is 6.07 Å². The second-order valence-corrected chi connectivity index (χ2v) is 5.66. The maximum Gasteiger partial charge on any atom is 0.224 e. The number of aromatic nitrogens is 2. The van der Waals surface area contributed by atoms with Gasteiger partial charge in [-0.05, 0) is 24.4 Å². The molecule has 1 saturated heterocycles. The SMILES string of the molecule is Cc1cc(N2CCN(CC(C)C)CC2)nc(Cl)n1. The van der Waals surface area contributed by atoms with Crippen LogP contribution in [-0.4, -0.2) is 47.6 Å². The number of piperazine rings is 1. The van der Waals surface area contributed by atoms with Gasteiger partial charge in [-0.3, -0.25) is 4.90 Å².